The van der Waals surface area contributed by atoms with Crippen molar-refractivity contribution in [2.45, 2.75) is 26.2 Å². The van der Waals surface area contributed by atoms with Crippen LogP contribution in [-0.4, -0.2) is 17.6 Å². The minimum Gasteiger partial charge on any atom is -0.350 e. The first-order valence-electron chi connectivity index (χ1n) is 8.63. The maximum atomic E-state index is 13.1. The molecule has 0 atom stereocenters. The summed E-state index contributed by atoms with van der Waals surface area (Å²) in [5.74, 6) is 0. The van der Waals surface area contributed by atoms with Crippen LogP contribution in [0, 0.1) is 0 Å². The number of nitrogens with one attached hydrogen (secondary N) is 1. The number of rotatable bonds is 3. The van der Waals surface area contributed by atoms with Crippen molar-refractivity contribution in [3.05, 3.63) is 76.7 Å². The van der Waals surface area contributed by atoms with Crippen molar-refractivity contribution < 1.29 is 0 Å². The summed E-state index contributed by atoms with van der Waals surface area (Å²) in [7, 11) is -1.63. The number of para-hydroxylation sites is 1. The number of aromatic amines is 1. The fourth-order valence-electron chi connectivity index (χ4n) is 3.47. The fourth-order valence-corrected chi connectivity index (χ4v) is 5.02. The number of aromatic nitrogens is 2. The number of fused-ring (bicyclic) bond motifs is 3. The number of H-pyrrole nitrogens is 1. The number of pyridine rings is 1. The van der Waals surface area contributed by atoms with E-state index >= 15 is 0 Å². The normalized spacial score (nSPS) is 12.1. The summed E-state index contributed by atoms with van der Waals surface area (Å²) in [5.41, 5.74) is 2.96. The summed E-state index contributed by atoms with van der Waals surface area (Å²) in [6.07, 6.45) is 2.10. The Balaban J connectivity index is 2.04. The molecule has 0 fully saturated rings. The van der Waals surface area contributed by atoms with E-state index in [4.69, 9.17) is 0 Å². The standard InChI is InChI=1S/C21H22N2OSi/c1-25(2,3)18-14-23(13-15-9-5-4-6-10-15)21(24)20-19(18)16-11-7-8-12-17(16)22-20/h4-12,14,22H,13H2,1-3H3. The molecule has 0 spiro atoms. The Morgan fingerprint density at radius 3 is 2.36 bits per heavy atom. The van der Waals surface area contributed by atoms with E-state index in [0.717, 1.165) is 27.4 Å². The molecule has 2 aromatic heterocycles. The van der Waals surface area contributed by atoms with Crippen molar-refractivity contribution in [2.24, 2.45) is 0 Å². The van der Waals surface area contributed by atoms with E-state index in [1.165, 1.54) is 5.19 Å². The van der Waals surface area contributed by atoms with Gasteiger partial charge in [0.1, 0.15) is 5.52 Å². The average Bonchev–Trinajstić information content (AvgIpc) is 2.97. The first-order chi connectivity index (χ1) is 11.9. The van der Waals surface area contributed by atoms with Crippen LogP contribution in [0.15, 0.2) is 65.6 Å². The van der Waals surface area contributed by atoms with Gasteiger partial charge in [-0.3, -0.25) is 4.79 Å². The number of benzene rings is 2. The lowest BCUT2D eigenvalue weighted by molar-refractivity contribution is 0.769. The molecule has 0 amide bonds. The van der Waals surface area contributed by atoms with Gasteiger partial charge in [0.2, 0.25) is 0 Å². The van der Waals surface area contributed by atoms with Crippen molar-refractivity contribution in [3.8, 4) is 0 Å². The van der Waals surface area contributed by atoms with Gasteiger partial charge < -0.3 is 9.55 Å². The summed E-state index contributed by atoms with van der Waals surface area (Å²) in [6, 6.07) is 18.4. The second-order valence-corrected chi connectivity index (χ2v) is 12.7. The van der Waals surface area contributed by atoms with Gasteiger partial charge in [-0.2, -0.15) is 0 Å². The Kier molecular flexibility index (Phi) is 3.65. The SMILES string of the molecule is C[Si](C)(C)c1cn(Cc2ccccc2)c(=O)c2[nH]c3ccccc3c12. The predicted molar refractivity (Wildman–Crippen MR) is 109 cm³/mol. The first kappa shape index (κ1) is 15.9. The summed E-state index contributed by atoms with van der Waals surface area (Å²) in [5, 5.41) is 3.60. The number of nitrogens with zero attached hydrogens (tertiary/aromatic N) is 1. The molecule has 2 aromatic carbocycles. The average molecular weight is 347 g/mol. The van der Waals surface area contributed by atoms with Gasteiger partial charge in [0.15, 0.2) is 0 Å². The van der Waals surface area contributed by atoms with E-state index in [-0.39, 0.29) is 5.56 Å². The molecular weight excluding hydrogens is 324 g/mol. The van der Waals surface area contributed by atoms with E-state index in [1.54, 1.807) is 0 Å². The third-order valence-corrected chi connectivity index (χ3v) is 6.73. The Hall–Kier alpha value is -2.59. The molecule has 25 heavy (non-hydrogen) atoms. The Morgan fingerprint density at radius 1 is 0.960 bits per heavy atom. The predicted octanol–water partition coefficient (Wildman–Crippen LogP) is 4.08. The molecule has 0 saturated heterocycles. The zero-order valence-corrected chi connectivity index (χ0v) is 15.8. The maximum absolute atomic E-state index is 13.1. The van der Waals surface area contributed by atoms with Crippen LogP contribution in [0.3, 0.4) is 0 Å². The molecule has 0 aliphatic rings. The van der Waals surface area contributed by atoms with Crippen LogP contribution in [0.4, 0.5) is 0 Å². The molecule has 0 aliphatic carbocycles. The molecule has 0 bridgehead atoms. The smallest absolute Gasteiger partial charge is 0.275 e. The highest BCUT2D eigenvalue weighted by Crippen LogP contribution is 2.24. The molecule has 2 heterocycles. The van der Waals surface area contributed by atoms with Gasteiger partial charge in [-0.25, -0.2) is 0 Å². The van der Waals surface area contributed by atoms with Gasteiger partial charge in [-0.1, -0.05) is 68.2 Å². The lowest BCUT2D eigenvalue weighted by atomic mass is 10.2. The van der Waals surface area contributed by atoms with Gasteiger partial charge in [0.25, 0.3) is 5.56 Å². The fraction of sp³-hybridized carbons (Fsp3) is 0.190. The largest absolute Gasteiger partial charge is 0.350 e. The molecule has 0 saturated carbocycles. The van der Waals surface area contributed by atoms with Crippen molar-refractivity contribution in [1.82, 2.24) is 9.55 Å². The van der Waals surface area contributed by atoms with E-state index < -0.39 is 8.07 Å². The molecule has 4 heteroatoms. The zero-order chi connectivity index (χ0) is 17.6. The molecule has 3 nitrogen and oxygen atoms in total. The van der Waals surface area contributed by atoms with Crippen LogP contribution in [-0.2, 0) is 6.54 Å². The number of hydrogen-bond acceptors (Lipinski definition) is 1. The summed E-state index contributed by atoms with van der Waals surface area (Å²) < 4.78 is 1.86. The van der Waals surface area contributed by atoms with Crippen molar-refractivity contribution >= 4 is 35.1 Å². The second-order valence-electron chi connectivity index (χ2n) is 7.63. The molecule has 0 aliphatic heterocycles. The van der Waals surface area contributed by atoms with Crippen LogP contribution in [0.1, 0.15) is 5.56 Å². The van der Waals surface area contributed by atoms with Crippen LogP contribution < -0.4 is 10.7 Å². The van der Waals surface area contributed by atoms with Crippen molar-refractivity contribution in [2.75, 3.05) is 0 Å². The highest BCUT2D eigenvalue weighted by atomic mass is 28.3. The first-order valence-corrected chi connectivity index (χ1v) is 12.1. The minimum absolute atomic E-state index is 0.0528. The number of hydrogen-bond donors (Lipinski definition) is 1. The third kappa shape index (κ3) is 2.72. The highest BCUT2D eigenvalue weighted by molar-refractivity contribution is 6.90. The van der Waals surface area contributed by atoms with Crippen LogP contribution in [0.2, 0.25) is 19.6 Å². The van der Waals surface area contributed by atoms with E-state index in [2.05, 4.69) is 49.0 Å². The van der Waals surface area contributed by atoms with Gasteiger partial charge in [-0.05, 0) is 16.8 Å². The summed E-state index contributed by atoms with van der Waals surface area (Å²) in [6.45, 7) is 7.60. The Morgan fingerprint density at radius 2 is 1.64 bits per heavy atom. The van der Waals surface area contributed by atoms with Gasteiger partial charge in [-0.15, -0.1) is 0 Å². The highest BCUT2D eigenvalue weighted by Gasteiger charge is 2.24. The van der Waals surface area contributed by atoms with Crippen LogP contribution in [0.5, 0.6) is 0 Å². The Labute approximate surface area is 147 Å². The van der Waals surface area contributed by atoms with E-state index in [1.807, 2.05) is 41.0 Å². The molecule has 0 radical (unpaired) electrons. The molecule has 4 aromatic rings. The second kappa shape index (κ2) is 5.74. The molecule has 4 rings (SSSR count). The monoisotopic (exact) mass is 346 g/mol. The molecule has 126 valence electrons. The summed E-state index contributed by atoms with van der Waals surface area (Å²) >= 11 is 0. The molecule has 1 N–H and O–H groups in total. The van der Waals surface area contributed by atoms with Crippen molar-refractivity contribution in [3.63, 3.8) is 0 Å². The van der Waals surface area contributed by atoms with Gasteiger partial charge >= 0.3 is 0 Å². The van der Waals surface area contributed by atoms with Crippen LogP contribution >= 0.6 is 0 Å². The lowest BCUT2D eigenvalue weighted by Crippen LogP contribution is -2.41. The quantitative estimate of drug-likeness (QED) is 0.558. The van der Waals surface area contributed by atoms with Gasteiger partial charge in [0, 0.05) is 22.5 Å². The topological polar surface area (TPSA) is 37.8 Å². The summed E-state index contributed by atoms with van der Waals surface area (Å²) in [4.78, 5) is 16.5. The third-order valence-electron chi connectivity index (χ3n) is 4.74. The molecule has 0 unspecified atom stereocenters. The molecular formula is C21H22N2OSi. The lowest BCUT2D eigenvalue weighted by Gasteiger charge is -2.20. The zero-order valence-electron chi connectivity index (χ0n) is 14.8. The van der Waals surface area contributed by atoms with Gasteiger partial charge in [0.05, 0.1) is 14.6 Å². The van der Waals surface area contributed by atoms with E-state index in [0.29, 0.717) is 6.54 Å². The van der Waals surface area contributed by atoms with Crippen molar-refractivity contribution in [1.29, 1.82) is 0 Å². The Bertz CT molecular complexity index is 1120. The van der Waals surface area contributed by atoms with Crippen LogP contribution in [0.25, 0.3) is 21.8 Å². The maximum Gasteiger partial charge on any atom is 0.275 e. The van der Waals surface area contributed by atoms with E-state index in [9.17, 15) is 4.79 Å². The minimum atomic E-state index is -1.63.